The zero-order chi connectivity index (χ0) is 14.7. The van der Waals surface area contributed by atoms with E-state index in [1.54, 1.807) is 0 Å². The Bertz CT molecular complexity index is 270. The Kier molecular flexibility index (Phi) is 11.3. The molecule has 0 aromatic rings. The quantitative estimate of drug-likeness (QED) is 0.312. The first-order chi connectivity index (χ1) is 8.97. The highest BCUT2D eigenvalue weighted by Crippen LogP contribution is 2.21. The Morgan fingerprint density at radius 3 is 2.37 bits per heavy atom. The van der Waals surface area contributed by atoms with Crippen LogP contribution in [0.5, 0.6) is 0 Å². The van der Waals surface area contributed by atoms with E-state index >= 15 is 0 Å². The average molecular weight is 333 g/mol. The van der Waals surface area contributed by atoms with Gasteiger partial charge in [-0.2, -0.15) is 0 Å². The highest BCUT2D eigenvalue weighted by molar-refractivity contribution is 9.09. The van der Waals surface area contributed by atoms with Gasteiger partial charge in [0.25, 0.3) is 0 Å². The molecule has 0 rings (SSSR count). The summed E-state index contributed by atoms with van der Waals surface area (Å²) in [6, 6.07) is 0. The fourth-order valence-corrected chi connectivity index (χ4v) is 2.56. The first-order valence-corrected chi connectivity index (χ1v) is 8.51. The van der Waals surface area contributed by atoms with E-state index in [0.717, 1.165) is 43.9 Å². The first-order valence-electron chi connectivity index (χ1n) is 7.39. The Morgan fingerprint density at radius 1 is 1.16 bits per heavy atom. The number of halogens is 1. The van der Waals surface area contributed by atoms with Crippen LogP contribution in [0.15, 0.2) is 11.6 Å². The topological polar surface area (TPSA) is 37.3 Å². The molecule has 0 saturated carbocycles. The predicted molar refractivity (Wildman–Crippen MR) is 85.8 cm³/mol. The molecule has 0 saturated heterocycles. The van der Waals surface area contributed by atoms with E-state index in [0.29, 0.717) is 5.92 Å². The van der Waals surface area contributed by atoms with Crippen LogP contribution in [0, 0.1) is 11.8 Å². The van der Waals surface area contributed by atoms with Crippen LogP contribution in [0.25, 0.3) is 0 Å². The summed E-state index contributed by atoms with van der Waals surface area (Å²) >= 11 is 3.39. The molecule has 2 unspecified atom stereocenters. The second kappa shape index (κ2) is 11.5. The van der Waals surface area contributed by atoms with E-state index < -0.39 is 5.97 Å². The summed E-state index contributed by atoms with van der Waals surface area (Å²) in [4.78, 5) is 11.2. The summed E-state index contributed by atoms with van der Waals surface area (Å²) in [5.41, 5.74) is 1.37. The molecule has 0 heterocycles. The van der Waals surface area contributed by atoms with Gasteiger partial charge in [0.1, 0.15) is 0 Å². The van der Waals surface area contributed by atoms with Crippen LogP contribution in [0.1, 0.15) is 65.7 Å². The van der Waals surface area contributed by atoms with E-state index in [2.05, 4.69) is 42.8 Å². The van der Waals surface area contributed by atoms with E-state index in [1.165, 1.54) is 12.0 Å². The number of hydrogen-bond donors (Lipinski definition) is 1. The van der Waals surface area contributed by atoms with Gasteiger partial charge in [-0.15, -0.1) is 0 Å². The highest BCUT2D eigenvalue weighted by Gasteiger charge is 2.17. The van der Waals surface area contributed by atoms with Crippen molar-refractivity contribution in [2.45, 2.75) is 65.7 Å². The molecule has 2 nitrogen and oxygen atoms in total. The van der Waals surface area contributed by atoms with Crippen LogP contribution in [-0.2, 0) is 4.79 Å². The lowest BCUT2D eigenvalue weighted by atomic mass is 9.91. The molecule has 0 aromatic carbocycles. The molecule has 0 amide bonds. The number of carboxylic acid groups (broad SMARTS) is 1. The van der Waals surface area contributed by atoms with Gasteiger partial charge >= 0.3 is 5.97 Å². The van der Waals surface area contributed by atoms with Gasteiger partial charge in [0.05, 0.1) is 5.92 Å². The van der Waals surface area contributed by atoms with Gasteiger partial charge in [0.15, 0.2) is 0 Å². The van der Waals surface area contributed by atoms with Crippen LogP contribution in [0.3, 0.4) is 0 Å². The lowest BCUT2D eigenvalue weighted by Crippen LogP contribution is -2.15. The molecular weight excluding hydrogens is 304 g/mol. The molecule has 0 aromatic heterocycles. The zero-order valence-corrected chi connectivity index (χ0v) is 14.2. The first kappa shape index (κ1) is 18.7. The van der Waals surface area contributed by atoms with Crippen LogP contribution >= 0.6 is 15.9 Å². The maximum absolute atomic E-state index is 11.2. The molecule has 19 heavy (non-hydrogen) atoms. The maximum Gasteiger partial charge on any atom is 0.306 e. The maximum atomic E-state index is 11.2. The van der Waals surface area contributed by atoms with Crippen LogP contribution in [0.4, 0.5) is 0 Å². The molecule has 0 aliphatic rings. The number of rotatable bonds is 11. The fourth-order valence-electron chi connectivity index (χ4n) is 2.16. The van der Waals surface area contributed by atoms with Crippen LogP contribution in [-0.4, -0.2) is 16.4 Å². The highest BCUT2D eigenvalue weighted by atomic mass is 79.9. The molecular formula is C16H29BrO2. The minimum atomic E-state index is -0.619. The van der Waals surface area contributed by atoms with Crippen molar-refractivity contribution in [1.82, 2.24) is 0 Å². The van der Waals surface area contributed by atoms with Crippen LogP contribution < -0.4 is 0 Å². The van der Waals surface area contributed by atoms with E-state index in [1.807, 2.05) is 0 Å². The minimum absolute atomic E-state index is 0.148. The number of carboxylic acids is 1. The Hall–Kier alpha value is -0.310. The molecule has 0 spiro atoms. The van der Waals surface area contributed by atoms with E-state index in [-0.39, 0.29) is 5.92 Å². The number of alkyl halides is 1. The molecule has 2 atom stereocenters. The summed E-state index contributed by atoms with van der Waals surface area (Å²) < 4.78 is 0. The second-order valence-corrected chi connectivity index (χ2v) is 6.55. The summed E-state index contributed by atoms with van der Waals surface area (Å²) in [5, 5.41) is 10.2. The van der Waals surface area contributed by atoms with Crippen molar-refractivity contribution in [3.63, 3.8) is 0 Å². The van der Waals surface area contributed by atoms with E-state index in [9.17, 15) is 9.90 Å². The lowest BCUT2D eigenvalue weighted by molar-refractivity contribution is -0.142. The number of aliphatic carboxylic acids is 1. The van der Waals surface area contributed by atoms with Crippen molar-refractivity contribution in [2.75, 3.05) is 5.33 Å². The predicted octanol–water partition coefficient (Wildman–Crippen LogP) is 5.42. The van der Waals surface area contributed by atoms with Crippen molar-refractivity contribution in [2.24, 2.45) is 11.8 Å². The van der Waals surface area contributed by atoms with Gasteiger partial charge in [-0.1, -0.05) is 40.9 Å². The number of hydrogen-bond acceptors (Lipinski definition) is 1. The minimum Gasteiger partial charge on any atom is -0.481 e. The normalized spacial score (nSPS) is 13.9. The fraction of sp³-hybridized carbons (Fsp3) is 0.812. The van der Waals surface area contributed by atoms with Gasteiger partial charge in [-0.3, -0.25) is 4.79 Å². The van der Waals surface area contributed by atoms with Crippen molar-refractivity contribution in [3.8, 4) is 0 Å². The summed E-state index contributed by atoms with van der Waals surface area (Å²) in [6.07, 6.45) is 9.30. The standard InChI is InChI=1S/C16H29BrO2/c1-13(2)7-6-8-14(3)10-11-15(16(18)19)9-4-5-12-17/h7,14-15H,4-6,8-12H2,1-3H3,(H,18,19). The summed E-state index contributed by atoms with van der Waals surface area (Å²) in [6.45, 7) is 6.47. The molecule has 0 radical (unpaired) electrons. The average Bonchev–Trinajstić information content (AvgIpc) is 2.32. The number of allylic oxidation sites excluding steroid dienone is 2. The third-order valence-corrected chi connectivity index (χ3v) is 4.07. The molecule has 0 aliphatic heterocycles. The summed E-state index contributed by atoms with van der Waals surface area (Å²) in [5.74, 6) is -0.148. The third kappa shape index (κ3) is 11.2. The van der Waals surface area contributed by atoms with Gasteiger partial charge in [-0.25, -0.2) is 0 Å². The molecule has 3 heteroatoms. The van der Waals surface area contributed by atoms with Crippen LogP contribution in [0.2, 0.25) is 0 Å². The number of carbonyl (C=O) groups is 1. The molecule has 112 valence electrons. The van der Waals surface area contributed by atoms with Crippen molar-refractivity contribution < 1.29 is 9.90 Å². The van der Waals surface area contributed by atoms with Crippen molar-refractivity contribution >= 4 is 21.9 Å². The Balaban J connectivity index is 3.89. The third-order valence-electron chi connectivity index (χ3n) is 3.51. The smallest absolute Gasteiger partial charge is 0.306 e. The molecule has 0 fully saturated rings. The van der Waals surface area contributed by atoms with Crippen molar-refractivity contribution in [3.05, 3.63) is 11.6 Å². The molecule has 0 bridgehead atoms. The van der Waals surface area contributed by atoms with Gasteiger partial charge in [-0.05, 0) is 58.3 Å². The van der Waals surface area contributed by atoms with Gasteiger partial charge in [0, 0.05) is 5.33 Å². The molecule has 0 aliphatic carbocycles. The monoisotopic (exact) mass is 332 g/mol. The van der Waals surface area contributed by atoms with Gasteiger partial charge < -0.3 is 5.11 Å². The summed E-state index contributed by atoms with van der Waals surface area (Å²) in [7, 11) is 0. The number of unbranched alkanes of at least 4 members (excludes halogenated alkanes) is 1. The SMILES string of the molecule is CC(C)=CCCC(C)CCC(CCCCBr)C(=O)O. The lowest BCUT2D eigenvalue weighted by Gasteiger charge is -2.15. The zero-order valence-electron chi connectivity index (χ0n) is 12.6. The van der Waals surface area contributed by atoms with E-state index in [4.69, 9.17) is 0 Å². The van der Waals surface area contributed by atoms with Gasteiger partial charge in [0.2, 0.25) is 0 Å². The Morgan fingerprint density at radius 2 is 1.84 bits per heavy atom. The largest absolute Gasteiger partial charge is 0.481 e. The Labute approximate surface area is 126 Å². The van der Waals surface area contributed by atoms with Crippen molar-refractivity contribution in [1.29, 1.82) is 0 Å². The second-order valence-electron chi connectivity index (χ2n) is 5.76. The molecule has 1 N–H and O–H groups in total.